The highest BCUT2D eigenvalue weighted by Crippen LogP contribution is 2.41. The molecule has 0 aliphatic carbocycles. The molecular formula is C33H32Cl2N2O3S. The fourth-order valence-corrected chi connectivity index (χ4v) is 7.76. The standard InChI is InChI=1S/C33H32Cl2N2O3S/c34-29-10-8-28(31(35)20-29)21-37-17-14-33(15-18-37)13-12-27-19-26(9-11-32(27)40-33)25-6-4-24(5-7-25)22-41(38,39)23-30-3-1-2-16-36-30/h1-11,16,19-20H,12-15,17-18,21-23H2. The summed E-state index contributed by atoms with van der Waals surface area (Å²) in [6, 6.07) is 25.3. The maximum Gasteiger partial charge on any atom is 0.160 e. The summed E-state index contributed by atoms with van der Waals surface area (Å²) in [7, 11) is -3.31. The molecule has 0 N–H and O–H groups in total. The third-order valence-corrected chi connectivity index (χ3v) is 10.3. The average molecular weight is 608 g/mol. The quantitative estimate of drug-likeness (QED) is 0.217. The first-order chi connectivity index (χ1) is 19.8. The minimum absolute atomic E-state index is 0.00582. The molecule has 1 aromatic heterocycles. The lowest BCUT2D eigenvalue weighted by Crippen LogP contribution is -2.49. The first-order valence-corrected chi connectivity index (χ1v) is 16.5. The maximum absolute atomic E-state index is 12.7. The van der Waals surface area contributed by atoms with E-state index in [4.69, 9.17) is 27.9 Å². The summed E-state index contributed by atoms with van der Waals surface area (Å²) in [5.41, 5.74) is 5.73. The molecule has 3 heterocycles. The smallest absolute Gasteiger partial charge is 0.160 e. The van der Waals surface area contributed by atoms with Crippen LogP contribution in [-0.4, -0.2) is 37.0 Å². The van der Waals surface area contributed by atoms with E-state index in [1.54, 1.807) is 24.4 Å². The topological polar surface area (TPSA) is 59.5 Å². The van der Waals surface area contributed by atoms with Gasteiger partial charge in [-0.1, -0.05) is 65.7 Å². The van der Waals surface area contributed by atoms with Crippen molar-refractivity contribution in [1.82, 2.24) is 9.88 Å². The van der Waals surface area contributed by atoms with Crippen LogP contribution in [0.5, 0.6) is 5.75 Å². The molecule has 3 aromatic carbocycles. The van der Waals surface area contributed by atoms with E-state index in [0.29, 0.717) is 10.7 Å². The van der Waals surface area contributed by atoms with E-state index in [1.165, 1.54) is 5.56 Å². The number of ether oxygens (including phenoxy) is 1. The predicted octanol–water partition coefficient (Wildman–Crippen LogP) is 7.53. The number of hydrogen-bond donors (Lipinski definition) is 0. The molecule has 0 saturated carbocycles. The lowest BCUT2D eigenvalue weighted by molar-refractivity contribution is -0.0163. The minimum Gasteiger partial charge on any atom is -0.487 e. The molecule has 212 valence electrons. The van der Waals surface area contributed by atoms with Crippen LogP contribution in [0.25, 0.3) is 11.1 Å². The molecule has 0 radical (unpaired) electrons. The molecule has 2 aliphatic rings. The number of sulfone groups is 1. The number of rotatable bonds is 7. The number of aromatic nitrogens is 1. The number of halogens is 2. The highest BCUT2D eigenvalue weighted by molar-refractivity contribution is 7.89. The van der Waals surface area contributed by atoms with Crippen LogP contribution in [0.2, 0.25) is 10.0 Å². The zero-order chi connectivity index (χ0) is 28.5. The number of likely N-dealkylation sites (tertiary alicyclic amines) is 1. The summed E-state index contributed by atoms with van der Waals surface area (Å²) in [5, 5.41) is 1.38. The maximum atomic E-state index is 12.7. The number of piperidine rings is 1. The van der Waals surface area contributed by atoms with Crippen LogP contribution in [0.4, 0.5) is 0 Å². The molecule has 6 rings (SSSR count). The van der Waals surface area contributed by atoms with Gasteiger partial charge in [-0.15, -0.1) is 0 Å². The molecule has 8 heteroatoms. The minimum atomic E-state index is -3.31. The van der Waals surface area contributed by atoms with Crippen LogP contribution in [0.1, 0.15) is 41.6 Å². The second-order valence-electron chi connectivity index (χ2n) is 11.2. The molecule has 1 spiro atoms. The van der Waals surface area contributed by atoms with Crippen molar-refractivity contribution in [2.75, 3.05) is 13.1 Å². The van der Waals surface area contributed by atoms with Gasteiger partial charge in [-0.2, -0.15) is 0 Å². The molecule has 0 amide bonds. The highest BCUT2D eigenvalue weighted by Gasteiger charge is 2.39. The van der Waals surface area contributed by atoms with Crippen LogP contribution in [-0.2, 0) is 34.3 Å². The largest absolute Gasteiger partial charge is 0.487 e. The second-order valence-corrected chi connectivity index (χ2v) is 14.1. The Labute approximate surface area is 252 Å². The van der Waals surface area contributed by atoms with Gasteiger partial charge in [0.15, 0.2) is 9.84 Å². The van der Waals surface area contributed by atoms with Gasteiger partial charge in [0.05, 0.1) is 17.2 Å². The Morgan fingerprint density at radius 3 is 2.37 bits per heavy atom. The molecular weight excluding hydrogens is 575 g/mol. The van der Waals surface area contributed by atoms with Gasteiger partial charge in [-0.05, 0) is 89.9 Å². The molecule has 5 nitrogen and oxygen atoms in total. The third kappa shape index (κ3) is 6.78. The highest BCUT2D eigenvalue weighted by atomic mass is 35.5. The van der Waals surface area contributed by atoms with Gasteiger partial charge in [0, 0.05) is 35.9 Å². The van der Waals surface area contributed by atoms with Crippen LogP contribution < -0.4 is 4.74 Å². The molecule has 41 heavy (non-hydrogen) atoms. The van der Waals surface area contributed by atoms with E-state index in [-0.39, 0.29) is 17.1 Å². The van der Waals surface area contributed by atoms with Crippen molar-refractivity contribution in [3.63, 3.8) is 0 Å². The zero-order valence-electron chi connectivity index (χ0n) is 22.7. The number of nitrogens with zero attached hydrogens (tertiary/aromatic N) is 2. The molecule has 0 bridgehead atoms. The first-order valence-electron chi connectivity index (χ1n) is 13.9. The van der Waals surface area contributed by atoms with E-state index < -0.39 is 9.84 Å². The third-order valence-electron chi connectivity index (χ3n) is 8.18. The van der Waals surface area contributed by atoms with Gasteiger partial charge in [0.25, 0.3) is 0 Å². The summed E-state index contributed by atoms with van der Waals surface area (Å²) >= 11 is 12.5. The van der Waals surface area contributed by atoms with E-state index in [9.17, 15) is 8.42 Å². The Balaban J connectivity index is 1.07. The number of aryl methyl sites for hydroxylation is 1. The average Bonchev–Trinajstić information content (AvgIpc) is 2.96. The Morgan fingerprint density at radius 1 is 0.854 bits per heavy atom. The Bertz CT molecular complexity index is 1640. The first kappa shape index (κ1) is 28.2. The van der Waals surface area contributed by atoms with Gasteiger partial charge in [0.2, 0.25) is 0 Å². The molecule has 2 aliphatic heterocycles. The Kier molecular flexibility index (Phi) is 8.10. The van der Waals surface area contributed by atoms with Crippen molar-refractivity contribution < 1.29 is 13.2 Å². The number of hydrogen-bond acceptors (Lipinski definition) is 5. The monoisotopic (exact) mass is 606 g/mol. The summed E-state index contributed by atoms with van der Waals surface area (Å²) in [6.45, 7) is 2.76. The summed E-state index contributed by atoms with van der Waals surface area (Å²) in [4.78, 5) is 6.59. The molecule has 4 aromatic rings. The number of benzene rings is 3. The van der Waals surface area contributed by atoms with Gasteiger partial charge in [0.1, 0.15) is 11.4 Å². The van der Waals surface area contributed by atoms with Gasteiger partial charge < -0.3 is 4.74 Å². The molecule has 0 atom stereocenters. The van der Waals surface area contributed by atoms with E-state index in [1.807, 2.05) is 42.5 Å². The van der Waals surface area contributed by atoms with Crippen molar-refractivity contribution >= 4 is 33.0 Å². The van der Waals surface area contributed by atoms with Gasteiger partial charge in [-0.25, -0.2) is 8.42 Å². The van der Waals surface area contributed by atoms with Crippen molar-refractivity contribution in [1.29, 1.82) is 0 Å². The second kappa shape index (κ2) is 11.8. The SMILES string of the molecule is O=S(=O)(Cc1ccc(-c2ccc3c(c2)CCC2(CCN(Cc4ccc(Cl)cc4Cl)CC2)O3)cc1)Cc1ccccn1. The summed E-state index contributed by atoms with van der Waals surface area (Å²) < 4.78 is 32.0. The van der Waals surface area contributed by atoms with Crippen LogP contribution >= 0.6 is 23.2 Å². The number of pyridine rings is 1. The summed E-state index contributed by atoms with van der Waals surface area (Å²) in [6.07, 6.45) is 5.59. The molecule has 1 fully saturated rings. The van der Waals surface area contributed by atoms with Crippen molar-refractivity contribution in [2.24, 2.45) is 0 Å². The predicted molar refractivity (Wildman–Crippen MR) is 165 cm³/mol. The van der Waals surface area contributed by atoms with Crippen molar-refractivity contribution in [3.05, 3.63) is 117 Å². The zero-order valence-corrected chi connectivity index (χ0v) is 25.1. The number of fused-ring (bicyclic) bond motifs is 1. The summed E-state index contributed by atoms with van der Waals surface area (Å²) in [5.74, 6) is 0.913. The van der Waals surface area contributed by atoms with Crippen LogP contribution in [0.15, 0.2) is 85.1 Å². The van der Waals surface area contributed by atoms with Gasteiger partial charge >= 0.3 is 0 Å². The Morgan fingerprint density at radius 2 is 1.63 bits per heavy atom. The van der Waals surface area contributed by atoms with Crippen LogP contribution in [0.3, 0.4) is 0 Å². The van der Waals surface area contributed by atoms with E-state index >= 15 is 0 Å². The fraction of sp³-hybridized carbons (Fsp3) is 0.303. The van der Waals surface area contributed by atoms with Crippen molar-refractivity contribution in [3.8, 4) is 16.9 Å². The lowest BCUT2D eigenvalue weighted by atomic mass is 9.82. The van der Waals surface area contributed by atoms with E-state index in [0.717, 1.165) is 78.3 Å². The fourth-order valence-electron chi connectivity index (χ4n) is 5.87. The van der Waals surface area contributed by atoms with Crippen LogP contribution in [0, 0.1) is 0 Å². The van der Waals surface area contributed by atoms with E-state index in [2.05, 4.69) is 28.1 Å². The van der Waals surface area contributed by atoms with Gasteiger partial charge in [-0.3, -0.25) is 9.88 Å². The Hall–Kier alpha value is -2.90. The molecule has 0 unspecified atom stereocenters. The normalized spacial score (nSPS) is 16.7. The molecule has 1 saturated heterocycles. The van der Waals surface area contributed by atoms with Crippen molar-refractivity contribution in [2.45, 2.75) is 49.3 Å². The lowest BCUT2D eigenvalue weighted by Gasteiger charge is -2.44.